The molecule has 1 aliphatic carbocycles. The van der Waals surface area contributed by atoms with Crippen molar-refractivity contribution in [3.05, 3.63) is 64.2 Å². The molecule has 0 heterocycles. The van der Waals surface area contributed by atoms with Gasteiger partial charge in [0.15, 0.2) is 5.78 Å². The number of carbonyl (C=O) groups is 1. The largest absolute Gasteiger partial charge is 0.294 e. The summed E-state index contributed by atoms with van der Waals surface area (Å²) >= 11 is 3.46. The Morgan fingerprint density at radius 1 is 1.22 bits per heavy atom. The SMILES string of the molecule is C/C=C1/C(Br)=CC=CC1=NC.CCC(=O)c1ccc(S(=O)(=O)N(C)C)cc1. The van der Waals surface area contributed by atoms with Gasteiger partial charge in [0.25, 0.3) is 0 Å². The van der Waals surface area contributed by atoms with Crippen molar-refractivity contribution in [2.75, 3.05) is 21.1 Å². The minimum absolute atomic E-state index is 0.00815. The lowest BCUT2D eigenvalue weighted by Gasteiger charge is -2.11. The van der Waals surface area contributed by atoms with Crippen LogP contribution in [0, 0.1) is 0 Å². The second-order valence-corrected chi connectivity index (χ2v) is 8.78. The lowest BCUT2D eigenvalue weighted by Crippen LogP contribution is -2.22. The van der Waals surface area contributed by atoms with E-state index in [2.05, 4.69) is 20.9 Å². The average Bonchev–Trinajstić information content (AvgIpc) is 2.67. The van der Waals surface area contributed by atoms with Gasteiger partial charge < -0.3 is 0 Å². The summed E-state index contributed by atoms with van der Waals surface area (Å²) in [4.78, 5) is 15.7. The van der Waals surface area contributed by atoms with E-state index in [1.54, 1.807) is 26.1 Å². The van der Waals surface area contributed by atoms with Crippen LogP contribution in [-0.2, 0) is 10.0 Å². The molecule has 0 amide bonds. The molecule has 0 spiro atoms. The summed E-state index contributed by atoms with van der Waals surface area (Å²) in [5.41, 5.74) is 2.73. The molecule has 0 fully saturated rings. The van der Waals surface area contributed by atoms with E-state index >= 15 is 0 Å². The molecule has 0 unspecified atom stereocenters. The number of halogens is 1. The molecule has 0 aromatic heterocycles. The van der Waals surface area contributed by atoms with Crippen molar-refractivity contribution >= 4 is 37.4 Å². The second-order valence-electron chi connectivity index (χ2n) is 5.77. The standard InChI is InChI=1S/C11H15NO3S.C9H10BrN/c1-4-11(13)9-5-7-10(8-6-9)16(14,15)12(2)3;1-3-7-8(10)5-4-6-9(7)11-2/h5-8H,4H2,1-3H3;3-6H,1-2H3/b;7-3-,11-9?. The van der Waals surface area contributed by atoms with Crippen molar-refractivity contribution in [2.24, 2.45) is 4.99 Å². The predicted molar refractivity (Wildman–Crippen MR) is 115 cm³/mol. The molecule has 0 N–H and O–H groups in total. The number of aliphatic imine (C=N–C) groups is 1. The van der Waals surface area contributed by atoms with E-state index in [0.717, 1.165) is 20.1 Å². The fraction of sp³-hybridized carbons (Fsp3) is 0.300. The van der Waals surface area contributed by atoms with Gasteiger partial charge in [0.1, 0.15) is 0 Å². The molecule has 146 valence electrons. The highest BCUT2D eigenvalue weighted by molar-refractivity contribution is 9.12. The van der Waals surface area contributed by atoms with E-state index < -0.39 is 10.0 Å². The molecular weight excluding hydrogens is 428 g/mol. The number of carbonyl (C=O) groups excluding carboxylic acids is 1. The smallest absolute Gasteiger partial charge is 0.242 e. The summed E-state index contributed by atoms with van der Waals surface area (Å²) in [5.74, 6) is 0.00815. The summed E-state index contributed by atoms with van der Waals surface area (Å²) < 4.78 is 25.7. The molecular formula is C20H25BrN2O3S. The van der Waals surface area contributed by atoms with Crippen LogP contribution in [0.2, 0.25) is 0 Å². The fourth-order valence-corrected chi connectivity index (χ4v) is 3.72. The molecule has 2 rings (SSSR count). The lowest BCUT2D eigenvalue weighted by atomic mass is 10.1. The third kappa shape index (κ3) is 6.09. The van der Waals surface area contributed by atoms with Gasteiger partial charge in [-0.05, 0) is 31.2 Å². The van der Waals surface area contributed by atoms with E-state index in [-0.39, 0.29) is 10.7 Å². The van der Waals surface area contributed by atoms with Gasteiger partial charge >= 0.3 is 0 Å². The predicted octanol–water partition coefficient (Wildman–Crippen LogP) is 4.38. The van der Waals surface area contributed by atoms with Crippen molar-refractivity contribution in [3.8, 4) is 0 Å². The number of benzene rings is 1. The number of nitrogens with zero attached hydrogens (tertiary/aromatic N) is 2. The number of rotatable bonds is 4. The van der Waals surface area contributed by atoms with Gasteiger partial charge in [-0.25, -0.2) is 12.7 Å². The van der Waals surface area contributed by atoms with E-state index in [1.807, 2.05) is 31.2 Å². The van der Waals surface area contributed by atoms with Crippen molar-refractivity contribution in [2.45, 2.75) is 25.2 Å². The van der Waals surface area contributed by atoms with Crippen LogP contribution >= 0.6 is 15.9 Å². The van der Waals surface area contributed by atoms with Crippen molar-refractivity contribution < 1.29 is 13.2 Å². The van der Waals surface area contributed by atoms with Crippen molar-refractivity contribution in [3.63, 3.8) is 0 Å². The zero-order valence-corrected chi connectivity index (χ0v) is 18.6. The highest BCUT2D eigenvalue weighted by atomic mass is 79.9. The topological polar surface area (TPSA) is 66.8 Å². The first-order valence-electron chi connectivity index (χ1n) is 8.42. The monoisotopic (exact) mass is 452 g/mol. The minimum Gasteiger partial charge on any atom is -0.294 e. The van der Waals surface area contributed by atoms with Gasteiger partial charge in [-0.2, -0.15) is 0 Å². The normalized spacial score (nSPS) is 16.9. The maximum Gasteiger partial charge on any atom is 0.242 e. The minimum atomic E-state index is -3.40. The van der Waals surface area contributed by atoms with Gasteiger partial charge in [-0.3, -0.25) is 9.79 Å². The zero-order valence-electron chi connectivity index (χ0n) is 16.2. The summed E-state index contributed by atoms with van der Waals surface area (Å²) in [5, 5.41) is 0. The quantitative estimate of drug-likeness (QED) is 0.636. The Bertz CT molecular complexity index is 894. The van der Waals surface area contributed by atoms with Crippen LogP contribution in [-0.4, -0.2) is 45.4 Å². The Labute approximate surface area is 170 Å². The number of allylic oxidation sites excluding steroid dienone is 6. The van der Waals surface area contributed by atoms with Gasteiger partial charge in [0, 0.05) is 43.2 Å². The summed E-state index contributed by atoms with van der Waals surface area (Å²) in [6.07, 6.45) is 8.47. The first-order chi connectivity index (χ1) is 12.7. The van der Waals surface area contributed by atoms with Crippen molar-refractivity contribution in [1.29, 1.82) is 0 Å². The molecule has 5 nitrogen and oxygen atoms in total. The average molecular weight is 453 g/mol. The number of ketones is 1. The maximum absolute atomic E-state index is 11.7. The Kier molecular flexibility index (Phi) is 9.02. The molecule has 0 saturated heterocycles. The first-order valence-corrected chi connectivity index (χ1v) is 10.7. The van der Waals surface area contributed by atoms with Crippen LogP contribution in [0.4, 0.5) is 0 Å². The van der Waals surface area contributed by atoms with Gasteiger partial charge in [-0.1, -0.05) is 47.1 Å². The Hall–Kier alpha value is -1.83. The molecule has 1 aromatic carbocycles. The molecule has 1 aromatic rings. The van der Waals surface area contributed by atoms with Gasteiger partial charge in [0.2, 0.25) is 10.0 Å². The van der Waals surface area contributed by atoms with Gasteiger partial charge in [-0.15, -0.1) is 0 Å². The van der Waals surface area contributed by atoms with E-state index in [0.29, 0.717) is 12.0 Å². The Morgan fingerprint density at radius 3 is 2.22 bits per heavy atom. The molecule has 0 bridgehead atoms. The molecule has 0 saturated carbocycles. The van der Waals surface area contributed by atoms with Crippen LogP contribution in [0.3, 0.4) is 0 Å². The van der Waals surface area contributed by atoms with E-state index in [4.69, 9.17) is 0 Å². The summed E-state index contributed by atoms with van der Waals surface area (Å²) in [6.45, 7) is 3.78. The third-order valence-electron chi connectivity index (χ3n) is 3.84. The lowest BCUT2D eigenvalue weighted by molar-refractivity contribution is 0.0988. The molecule has 7 heteroatoms. The summed E-state index contributed by atoms with van der Waals surface area (Å²) in [6, 6.07) is 6.00. The second kappa shape index (κ2) is 10.5. The third-order valence-corrected chi connectivity index (χ3v) is 6.36. The highest BCUT2D eigenvalue weighted by Crippen LogP contribution is 2.22. The molecule has 1 aliphatic rings. The van der Waals surface area contributed by atoms with Crippen LogP contribution < -0.4 is 0 Å². The molecule has 0 aliphatic heterocycles. The number of hydrogen-bond acceptors (Lipinski definition) is 4. The Balaban J connectivity index is 0.000000289. The highest BCUT2D eigenvalue weighted by Gasteiger charge is 2.17. The van der Waals surface area contributed by atoms with E-state index in [1.165, 1.54) is 26.2 Å². The Morgan fingerprint density at radius 2 is 1.81 bits per heavy atom. The summed E-state index contributed by atoms with van der Waals surface area (Å²) in [7, 11) is 1.34. The van der Waals surface area contributed by atoms with Gasteiger partial charge in [0.05, 0.1) is 10.6 Å². The van der Waals surface area contributed by atoms with Crippen LogP contribution in [0.25, 0.3) is 0 Å². The molecule has 0 atom stereocenters. The zero-order chi connectivity index (χ0) is 20.6. The van der Waals surface area contributed by atoms with Crippen LogP contribution in [0.5, 0.6) is 0 Å². The molecule has 27 heavy (non-hydrogen) atoms. The van der Waals surface area contributed by atoms with E-state index in [9.17, 15) is 13.2 Å². The fourth-order valence-electron chi connectivity index (χ4n) is 2.23. The van der Waals surface area contributed by atoms with Crippen LogP contribution in [0.1, 0.15) is 30.6 Å². The van der Waals surface area contributed by atoms with Crippen molar-refractivity contribution in [1.82, 2.24) is 4.31 Å². The first kappa shape index (κ1) is 23.2. The maximum atomic E-state index is 11.7. The van der Waals surface area contributed by atoms with Crippen LogP contribution in [0.15, 0.2) is 68.5 Å². The number of sulfonamides is 1. The number of Topliss-reactive ketones (excluding diaryl/α,β-unsaturated/α-hetero) is 1. The number of hydrogen-bond donors (Lipinski definition) is 0. The molecule has 0 radical (unpaired) electrons.